The second-order valence-electron chi connectivity index (χ2n) is 6.42. The van der Waals surface area contributed by atoms with Gasteiger partial charge < -0.3 is 10.3 Å². The van der Waals surface area contributed by atoms with E-state index in [9.17, 15) is 4.79 Å². The summed E-state index contributed by atoms with van der Waals surface area (Å²) < 4.78 is 0. The van der Waals surface area contributed by atoms with Crippen LogP contribution in [0.15, 0.2) is 28.6 Å². The van der Waals surface area contributed by atoms with E-state index >= 15 is 0 Å². The third kappa shape index (κ3) is 1.51. The Kier molecular flexibility index (Phi) is 2.31. The molecule has 0 radical (unpaired) electrons. The van der Waals surface area contributed by atoms with Crippen LogP contribution in [0.5, 0.6) is 0 Å². The zero-order chi connectivity index (χ0) is 13.0. The summed E-state index contributed by atoms with van der Waals surface area (Å²) >= 11 is 0. The van der Waals surface area contributed by atoms with Crippen LogP contribution in [0.25, 0.3) is 0 Å². The Bertz CT molecular complexity index is 615. The summed E-state index contributed by atoms with van der Waals surface area (Å²) in [6, 6.07) is 3.75. The minimum absolute atomic E-state index is 0.0307. The van der Waals surface area contributed by atoms with Crippen molar-refractivity contribution in [1.82, 2.24) is 10.3 Å². The first-order valence-electron chi connectivity index (χ1n) is 7.34. The van der Waals surface area contributed by atoms with Crippen LogP contribution in [0.3, 0.4) is 0 Å². The van der Waals surface area contributed by atoms with Crippen LogP contribution in [-0.2, 0) is 12.0 Å². The van der Waals surface area contributed by atoms with Gasteiger partial charge in [0.15, 0.2) is 0 Å². The van der Waals surface area contributed by atoms with Crippen molar-refractivity contribution in [3.05, 3.63) is 45.4 Å². The van der Waals surface area contributed by atoms with Gasteiger partial charge in [0.1, 0.15) is 0 Å². The first-order chi connectivity index (χ1) is 9.19. The highest BCUT2D eigenvalue weighted by molar-refractivity contribution is 5.39. The maximum Gasteiger partial charge on any atom is 0.248 e. The maximum absolute atomic E-state index is 11.6. The third-order valence-corrected chi connectivity index (χ3v) is 5.26. The van der Waals surface area contributed by atoms with E-state index in [1.54, 1.807) is 6.07 Å². The summed E-state index contributed by atoms with van der Waals surface area (Å²) in [7, 11) is 0. The highest BCUT2D eigenvalue weighted by Crippen LogP contribution is 2.52. The fourth-order valence-corrected chi connectivity index (χ4v) is 4.69. The molecule has 2 heterocycles. The van der Waals surface area contributed by atoms with Crippen molar-refractivity contribution in [2.45, 2.75) is 38.1 Å². The number of pyridine rings is 1. The van der Waals surface area contributed by atoms with E-state index in [4.69, 9.17) is 0 Å². The summed E-state index contributed by atoms with van der Waals surface area (Å²) in [4.78, 5) is 14.7. The molecule has 19 heavy (non-hydrogen) atoms. The standard InChI is InChI=1S/C16H20N2O/c1-10-7-11-8-14-13(4-5-15(19)18-14)16(9-10)12(11)3-2-6-17-16/h4-5,7,11-12,17H,2-3,6,8-9H2,1H3,(H,18,19)/t11?,12-,16+/m1/s1. The highest BCUT2D eigenvalue weighted by Gasteiger charge is 2.51. The lowest BCUT2D eigenvalue weighted by molar-refractivity contribution is 0.0883. The quantitative estimate of drug-likeness (QED) is 0.698. The van der Waals surface area contributed by atoms with Gasteiger partial charge in [0.05, 0.1) is 5.54 Å². The van der Waals surface area contributed by atoms with E-state index < -0.39 is 0 Å². The lowest BCUT2D eigenvalue weighted by Gasteiger charge is -2.54. The number of aromatic nitrogens is 1. The average molecular weight is 256 g/mol. The molecule has 3 atom stereocenters. The van der Waals surface area contributed by atoms with Crippen molar-refractivity contribution < 1.29 is 0 Å². The number of fused-ring (bicyclic) bond motifs is 1. The van der Waals surface area contributed by atoms with Crippen molar-refractivity contribution >= 4 is 0 Å². The smallest absolute Gasteiger partial charge is 0.248 e. The number of nitrogens with one attached hydrogen (secondary N) is 2. The van der Waals surface area contributed by atoms with E-state index in [1.807, 2.05) is 0 Å². The number of H-pyrrole nitrogens is 1. The Labute approximate surface area is 113 Å². The Morgan fingerprint density at radius 3 is 3.16 bits per heavy atom. The zero-order valence-corrected chi connectivity index (χ0v) is 11.3. The Balaban J connectivity index is 1.95. The largest absolute Gasteiger partial charge is 0.326 e. The fraction of sp³-hybridized carbons (Fsp3) is 0.562. The third-order valence-electron chi connectivity index (χ3n) is 5.26. The Morgan fingerprint density at radius 2 is 2.26 bits per heavy atom. The zero-order valence-electron chi connectivity index (χ0n) is 11.3. The van der Waals surface area contributed by atoms with Crippen LogP contribution in [0.1, 0.15) is 37.4 Å². The molecule has 0 saturated carbocycles. The molecule has 3 aliphatic rings. The molecule has 2 bridgehead atoms. The molecule has 0 amide bonds. The van der Waals surface area contributed by atoms with Gasteiger partial charge in [-0.1, -0.05) is 11.6 Å². The summed E-state index contributed by atoms with van der Waals surface area (Å²) in [6.07, 6.45) is 7.11. The summed E-state index contributed by atoms with van der Waals surface area (Å²) in [5.41, 5.74) is 4.11. The Morgan fingerprint density at radius 1 is 1.37 bits per heavy atom. The molecule has 1 fully saturated rings. The Hall–Kier alpha value is -1.35. The minimum Gasteiger partial charge on any atom is -0.326 e. The molecule has 1 unspecified atom stereocenters. The average Bonchev–Trinajstić information content (AvgIpc) is 2.37. The number of rotatable bonds is 0. The summed E-state index contributed by atoms with van der Waals surface area (Å²) in [6.45, 7) is 3.34. The van der Waals surface area contributed by atoms with E-state index in [1.165, 1.54) is 24.0 Å². The highest BCUT2D eigenvalue weighted by atomic mass is 16.1. The van der Waals surface area contributed by atoms with E-state index in [0.29, 0.717) is 11.8 Å². The predicted molar refractivity (Wildman–Crippen MR) is 75.0 cm³/mol. The van der Waals surface area contributed by atoms with Gasteiger partial charge in [0, 0.05) is 11.8 Å². The molecule has 3 nitrogen and oxygen atoms in total. The number of hydrogen-bond acceptors (Lipinski definition) is 2. The lowest BCUT2D eigenvalue weighted by atomic mass is 9.57. The first kappa shape index (κ1) is 11.5. The van der Waals surface area contributed by atoms with Crippen LogP contribution in [0.4, 0.5) is 0 Å². The SMILES string of the molecule is CC1=CC2Cc3[nH]c(=O)ccc3[C@@]3(C1)NCCC[C@H]23. The van der Waals surface area contributed by atoms with Crippen LogP contribution < -0.4 is 10.9 Å². The van der Waals surface area contributed by atoms with Crippen molar-refractivity contribution in [3.63, 3.8) is 0 Å². The summed E-state index contributed by atoms with van der Waals surface area (Å²) in [5.74, 6) is 1.29. The van der Waals surface area contributed by atoms with Crippen LogP contribution in [-0.4, -0.2) is 11.5 Å². The normalized spacial score (nSPS) is 36.2. The molecule has 100 valence electrons. The van der Waals surface area contributed by atoms with E-state index in [-0.39, 0.29) is 11.1 Å². The molecule has 3 heteroatoms. The first-order valence-corrected chi connectivity index (χ1v) is 7.34. The second-order valence-corrected chi connectivity index (χ2v) is 6.42. The molecule has 0 spiro atoms. The molecule has 1 aliphatic heterocycles. The second kappa shape index (κ2) is 3.83. The predicted octanol–water partition coefficient (Wildman–Crippen LogP) is 2.09. The summed E-state index contributed by atoms with van der Waals surface area (Å²) in [5, 5.41) is 3.81. The number of aromatic amines is 1. The lowest BCUT2D eigenvalue weighted by Crippen LogP contribution is -2.58. The molecular weight excluding hydrogens is 236 g/mol. The van der Waals surface area contributed by atoms with Gasteiger partial charge >= 0.3 is 0 Å². The van der Waals surface area contributed by atoms with Gasteiger partial charge in [-0.2, -0.15) is 0 Å². The molecule has 1 aromatic rings. The topological polar surface area (TPSA) is 44.9 Å². The van der Waals surface area contributed by atoms with Gasteiger partial charge in [-0.05, 0) is 62.6 Å². The molecule has 1 aromatic heterocycles. The number of piperidine rings is 1. The van der Waals surface area contributed by atoms with Crippen LogP contribution in [0.2, 0.25) is 0 Å². The van der Waals surface area contributed by atoms with Crippen molar-refractivity contribution in [1.29, 1.82) is 0 Å². The van der Waals surface area contributed by atoms with Gasteiger partial charge in [-0.15, -0.1) is 0 Å². The van der Waals surface area contributed by atoms with Gasteiger partial charge in [-0.25, -0.2) is 0 Å². The maximum atomic E-state index is 11.6. The van der Waals surface area contributed by atoms with Gasteiger partial charge in [0.2, 0.25) is 5.56 Å². The van der Waals surface area contributed by atoms with Crippen LogP contribution in [0, 0.1) is 11.8 Å². The van der Waals surface area contributed by atoms with E-state index in [0.717, 1.165) is 25.1 Å². The van der Waals surface area contributed by atoms with Crippen molar-refractivity contribution in [2.75, 3.05) is 6.54 Å². The molecule has 4 rings (SSSR count). The van der Waals surface area contributed by atoms with Gasteiger partial charge in [-0.3, -0.25) is 4.79 Å². The van der Waals surface area contributed by atoms with Crippen molar-refractivity contribution in [3.8, 4) is 0 Å². The molecular formula is C16H20N2O. The molecule has 2 aliphatic carbocycles. The minimum atomic E-state index is 0.0307. The van der Waals surface area contributed by atoms with E-state index in [2.05, 4.69) is 29.4 Å². The monoisotopic (exact) mass is 256 g/mol. The van der Waals surface area contributed by atoms with Crippen LogP contribution >= 0.6 is 0 Å². The number of hydrogen-bond donors (Lipinski definition) is 2. The molecule has 0 aromatic carbocycles. The molecule has 2 N–H and O–H groups in total. The van der Waals surface area contributed by atoms with Gasteiger partial charge in [0.25, 0.3) is 0 Å². The molecule has 1 saturated heterocycles. The fourth-order valence-electron chi connectivity index (χ4n) is 4.69. The van der Waals surface area contributed by atoms with Crippen molar-refractivity contribution in [2.24, 2.45) is 11.8 Å². The number of allylic oxidation sites excluding steroid dienone is 1.